The minimum Gasteiger partial charge on any atom is -0.411 e. The van der Waals surface area contributed by atoms with E-state index >= 15 is 0 Å². The quantitative estimate of drug-likeness (QED) is 0.453. The van der Waals surface area contributed by atoms with Crippen molar-refractivity contribution in [1.29, 1.82) is 0 Å². The third-order valence-corrected chi connectivity index (χ3v) is 2.30. The average Bonchev–Trinajstić information content (AvgIpc) is 2.19. The van der Waals surface area contributed by atoms with Crippen molar-refractivity contribution in [3.8, 4) is 0 Å². The molecule has 0 saturated heterocycles. The molecule has 1 atom stereocenters. The number of aromatic nitrogens is 1. The molecule has 1 rings (SSSR count). The van der Waals surface area contributed by atoms with Crippen molar-refractivity contribution >= 4 is 6.21 Å². The van der Waals surface area contributed by atoms with Gasteiger partial charge in [0.25, 0.3) is 0 Å². The van der Waals surface area contributed by atoms with Crippen LogP contribution in [0.25, 0.3) is 0 Å². The monoisotopic (exact) mass is 192 g/mol. The highest BCUT2D eigenvalue weighted by molar-refractivity contribution is 5.78. The summed E-state index contributed by atoms with van der Waals surface area (Å²) < 4.78 is 0. The molecular weight excluding hydrogens is 176 g/mol. The third kappa shape index (κ3) is 2.55. The number of rotatable bonds is 4. The summed E-state index contributed by atoms with van der Waals surface area (Å²) in [5, 5.41) is 11.5. The molecule has 0 aromatic carbocycles. The molecule has 0 spiro atoms. The zero-order valence-corrected chi connectivity index (χ0v) is 8.64. The van der Waals surface area contributed by atoms with Gasteiger partial charge in [0.15, 0.2) is 0 Å². The molecule has 3 nitrogen and oxygen atoms in total. The van der Waals surface area contributed by atoms with Gasteiger partial charge in [-0.2, -0.15) is 0 Å². The van der Waals surface area contributed by atoms with E-state index in [4.69, 9.17) is 5.21 Å². The molecule has 1 N–H and O–H groups in total. The lowest BCUT2D eigenvalue weighted by molar-refractivity contribution is 0.321. The zero-order valence-electron chi connectivity index (χ0n) is 8.64. The van der Waals surface area contributed by atoms with Crippen molar-refractivity contribution in [2.45, 2.75) is 32.6 Å². The standard InChI is InChI=1S/C11H16N2O/c1-3-5-9(2)10-6-4-7-12-11(10)8-13-14/h4,6-9,14H,3,5H2,1-2H3/b13-8+. The van der Waals surface area contributed by atoms with Crippen LogP contribution in [0.3, 0.4) is 0 Å². The maximum absolute atomic E-state index is 8.49. The summed E-state index contributed by atoms with van der Waals surface area (Å²) in [5.41, 5.74) is 1.91. The molecule has 76 valence electrons. The van der Waals surface area contributed by atoms with E-state index in [1.807, 2.05) is 12.1 Å². The zero-order chi connectivity index (χ0) is 10.4. The second-order valence-corrected chi connectivity index (χ2v) is 3.41. The first-order valence-corrected chi connectivity index (χ1v) is 4.92. The summed E-state index contributed by atoms with van der Waals surface area (Å²) in [7, 11) is 0. The van der Waals surface area contributed by atoms with E-state index in [2.05, 4.69) is 24.0 Å². The van der Waals surface area contributed by atoms with Gasteiger partial charge in [-0.25, -0.2) is 0 Å². The number of pyridine rings is 1. The average molecular weight is 192 g/mol. The van der Waals surface area contributed by atoms with Gasteiger partial charge in [-0.1, -0.05) is 31.5 Å². The smallest absolute Gasteiger partial charge is 0.0921 e. The third-order valence-electron chi connectivity index (χ3n) is 2.30. The summed E-state index contributed by atoms with van der Waals surface area (Å²) in [5.74, 6) is 0.460. The molecule has 1 unspecified atom stereocenters. The lowest BCUT2D eigenvalue weighted by Gasteiger charge is -2.11. The highest BCUT2D eigenvalue weighted by Crippen LogP contribution is 2.21. The second kappa shape index (κ2) is 5.37. The molecule has 1 aromatic heterocycles. The molecule has 0 bridgehead atoms. The Morgan fingerprint density at radius 1 is 1.64 bits per heavy atom. The minimum atomic E-state index is 0.460. The van der Waals surface area contributed by atoms with Crippen LogP contribution in [-0.2, 0) is 0 Å². The highest BCUT2D eigenvalue weighted by Gasteiger charge is 2.08. The predicted octanol–water partition coefficient (Wildman–Crippen LogP) is 2.79. The predicted molar refractivity (Wildman–Crippen MR) is 56.9 cm³/mol. The Morgan fingerprint density at radius 3 is 3.07 bits per heavy atom. The lowest BCUT2D eigenvalue weighted by atomic mass is 9.95. The Labute approximate surface area is 84.5 Å². The number of hydrogen-bond acceptors (Lipinski definition) is 3. The topological polar surface area (TPSA) is 45.5 Å². The molecule has 0 fully saturated rings. The van der Waals surface area contributed by atoms with Crippen LogP contribution in [0, 0.1) is 0 Å². The van der Waals surface area contributed by atoms with Gasteiger partial charge in [-0.15, -0.1) is 0 Å². The second-order valence-electron chi connectivity index (χ2n) is 3.41. The Morgan fingerprint density at radius 2 is 2.43 bits per heavy atom. The van der Waals surface area contributed by atoms with Gasteiger partial charge in [0.1, 0.15) is 0 Å². The molecular formula is C11H16N2O. The van der Waals surface area contributed by atoms with Gasteiger partial charge in [-0.05, 0) is 24.0 Å². The van der Waals surface area contributed by atoms with E-state index in [0.717, 1.165) is 24.1 Å². The van der Waals surface area contributed by atoms with E-state index in [1.54, 1.807) is 6.20 Å². The fourth-order valence-electron chi connectivity index (χ4n) is 1.60. The van der Waals surface area contributed by atoms with Gasteiger partial charge in [-0.3, -0.25) is 4.98 Å². The van der Waals surface area contributed by atoms with Crippen LogP contribution >= 0.6 is 0 Å². The van der Waals surface area contributed by atoms with Gasteiger partial charge in [0.05, 0.1) is 11.9 Å². The summed E-state index contributed by atoms with van der Waals surface area (Å²) in [4.78, 5) is 4.16. The largest absolute Gasteiger partial charge is 0.411 e. The van der Waals surface area contributed by atoms with Crippen LogP contribution in [0.15, 0.2) is 23.5 Å². The van der Waals surface area contributed by atoms with E-state index in [1.165, 1.54) is 6.21 Å². The maximum Gasteiger partial charge on any atom is 0.0921 e. The van der Waals surface area contributed by atoms with Crippen LogP contribution < -0.4 is 0 Å². The van der Waals surface area contributed by atoms with Gasteiger partial charge < -0.3 is 5.21 Å². The molecule has 0 radical (unpaired) electrons. The number of oxime groups is 1. The minimum absolute atomic E-state index is 0.460. The number of nitrogens with zero attached hydrogens (tertiary/aromatic N) is 2. The Kier molecular flexibility index (Phi) is 4.11. The fraction of sp³-hybridized carbons (Fsp3) is 0.455. The van der Waals surface area contributed by atoms with Crippen molar-refractivity contribution in [3.63, 3.8) is 0 Å². The highest BCUT2D eigenvalue weighted by atomic mass is 16.4. The lowest BCUT2D eigenvalue weighted by Crippen LogP contribution is -2.00. The summed E-state index contributed by atoms with van der Waals surface area (Å²) in [6, 6.07) is 3.94. The van der Waals surface area contributed by atoms with Crippen LogP contribution in [-0.4, -0.2) is 16.4 Å². The van der Waals surface area contributed by atoms with Gasteiger partial charge in [0.2, 0.25) is 0 Å². The molecule has 0 aliphatic heterocycles. The first-order valence-electron chi connectivity index (χ1n) is 4.92. The van der Waals surface area contributed by atoms with Crippen LogP contribution in [0.4, 0.5) is 0 Å². The Balaban J connectivity index is 2.94. The molecule has 0 aliphatic rings. The van der Waals surface area contributed by atoms with Crippen LogP contribution in [0.1, 0.15) is 43.9 Å². The van der Waals surface area contributed by atoms with E-state index in [0.29, 0.717) is 5.92 Å². The van der Waals surface area contributed by atoms with Gasteiger partial charge >= 0.3 is 0 Å². The first kappa shape index (κ1) is 10.7. The summed E-state index contributed by atoms with van der Waals surface area (Å²) in [6.45, 7) is 4.32. The molecule has 0 saturated carbocycles. The number of hydrogen-bond donors (Lipinski definition) is 1. The molecule has 0 aliphatic carbocycles. The Hall–Kier alpha value is -1.38. The van der Waals surface area contributed by atoms with Crippen molar-refractivity contribution in [2.75, 3.05) is 0 Å². The van der Waals surface area contributed by atoms with E-state index < -0.39 is 0 Å². The SMILES string of the molecule is CCCC(C)c1cccnc1/C=N/O. The molecule has 14 heavy (non-hydrogen) atoms. The van der Waals surface area contributed by atoms with Crippen LogP contribution in [0.2, 0.25) is 0 Å². The van der Waals surface area contributed by atoms with Crippen molar-refractivity contribution in [2.24, 2.45) is 5.16 Å². The normalized spacial score (nSPS) is 13.3. The fourth-order valence-corrected chi connectivity index (χ4v) is 1.60. The summed E-state index contributed by atoms with van der Waals surface area (Å²) >= 11 is 0. The Bertz CT molecular complexity index is 310. The van der Waals surface area contributed by atoms with Crippen molar-refractivity contribution in [1.82, 2.24) is 4.98 Å². The van der Waals surface area contributed by atoms with E-state index in [-0.39, 0.29) is 0 Å². The van der Waals surface area contributed by atoms with Crippen molar-refractivity contribution < 1.29 is 5.21 Å². The molecule has 1 heterocycles. The molecule has 0 amide bonds. The maximum atomic E-state index is 8.49. The van der Waals surface area contributed by atoms with Crippen molar-refractivity contribution in [3.05, 3.63) is 29.6 Å². The first-order chi connectivity index (χ1) is 6.79. The van der Waals surface area contributed by atoms with E-state index in [9.17, 15) is 0 Å². The summed E-state index contributed by atoms with van der Waals surface area (Å²) in [6.07, 6.45) is 5.37. The van der Waals surface area contributed by atoms with Crippen LogP contribution in [0.5, 0.6) is 0 Å². The van der Waals surface area contributed by atoms with Gasteiger partial charge in [0, 0.05) is 6.20 Å². The molecule has 3 heteroatoms. The molecule has 1 aromatic rings.